The summed E-state index contributed by atoms with van der Waals surface area (Å²) in [6, 6.07) is 18.4. The number of fused-ring (bicyclic) bond motifs is 2. The number of rotatable bonds is 1. The zero-order valence-electron chi connectivity index (χ0n) is 11.5. The van der Waals surface area contributed by atoms with Crippen molar-refractivity contribution in [1.29, 1.82) is 0 Å². The summed E-state index contributed by atoms with van der Waals surface area (Å²) in [6.45, 7) is 3.27. The van der Waals surface area contributed by atoms with E-state index in [4.69, 9.17) is 0 Å². The van der Waals surface area contributed by atoms with Crippen LogP contribution in [0.1, 0.15) is 35.6 Å². The molecule has 100 valence electrons. The molecule has 4 rings (SSSR count). The lowest BCUT2D eigenvalue weighted by atomic mass is 9.83. The normalized spacial score (nSPS) is 21.9. The van der Waals surface area contributed by atoms with Crippen LogP contribution in [0.2, 0.25) is 0 Å². The van der Waals surface area contributed by atoms with E-state index in [1.807, 2.05) is 11.3 Å². The van der Waals surface area contributed by atoms with Gasteiger partial charge in [0.2, 0.25) is 0 Å². The van der Waals surface area contributed by atoms with Crippen molar-refractivity contribution in [3.8, 4) is 0 Å². The molecule has 0 radical (unpaired) electrons. The van der Waals surface area contributed by atoms with Gasteiger partial charge in [0.15, 0.2) is 0 Å². The molecule has 2 atom stereocenters. The summed E-state index contributed by atoms with van der Waals surface area (Å²) < 4.78 is 1.39. The third kappa shape index (κ3) is 1.88. The molecule has 0 spiro atoms. The van der Waals surface area contributed by atoms with E-state index in [0.29, 0.717) is 12.0 Å². The maximum Gasteiger partial charge on any atom is 0.0345 e. The summed E-state index contributed by atoms with van der Waals surface area (Å²) in [6.07, 6.45) is 0. The number of benzene rings is 2. The van der Waals surface area contributed by atoms with Crippen LogP contribution in [0.15, 0.2) is 53.9 Å². The van der Waals surface area contributed by atoms with Gasteiger partial charge >= 0.3 is 0 Å². The van der Waals surface area contributed by atoms with Crippen LogP contribution in [-0.4, -0.2) is 6.54 Å². The Bertz CT molecular complexity index is 759. The molecule has 1 nitrogen and oxygen atoms in total. The smallest absolute Gasteiger partial charge is 0.0345 e. The zero-order valence-corrected chi connectivity index (χ0v) is 12.3. The Morgan fingerprint density at radius 1 is 1.05 bits per heavy atom. The molecule has 2 heteroatoms. The second-order valence-electron chi connectivity index (χ2n) is 5.53. The van der Waals surface area contributed by atoms with Crippen molar-refractivity contribution < 1.29 is 0 Å². The molecule has 1 aliphatic rings. The summed E-state index contributed by atoms with van der Waals surface area (Å²) in [5, 5.41) is 7.15. The summed E-state index contributed by atoms with van der Waals surface area (Å²) >= 11 is 1.83. The third-order valence-corrected chi connectivity index (χ3v) is 5.23. The van der Waals surface area contributed by atoms with Crippen molar-refractivity contribution >= 4 is 21.4 Å². The van der Waals surface area contributed by atoms with E-state index in [0.717, 1.165) is 6.54 Å². The van der Waals surface area contributed by atoms with Gasteiger partial charge in [0, 0.05) is 23.2 Å². The maximum atomic E-state index is 3.63. The fraction of sp³-hybridized carbons (Fsp3) is 0.222. The summed E-state index contributed by atoms with van der Waals surface area (Å²) in [4.78, 5) is 0. The van der Waals surface area contributed by atoms with Gasteiger partial charge in [-0.25, -0.2) is 0 Å². The van der Waals surface area contributed by atoms with Crippen molar-refractivity contribution in [3.05, 3.63) is 70.6 Å². The lowest BCUT2D eigenvalue weighted by Gasteiger charge is -2.31. The Balaban J connectivity index is 1.84. The lowest BCUT2D eigenvalue weighted by molar-refractivity contribution is 0.508. The predicted octanol–water partition coefficient (Wildman–Crippen LogP) is 4.70. The van der Waals surface area contributed by atoms with Crippen LogP contribution in [0.3, 0.4) is 0 Å². The fourth-order valence-electron chi connectivity index (χ4n) is 3.22. The van der Waals surface area contributed by atoms with Crippen LogP contribution in [0.25, 0.3) is 10.1 Å². The highest BCUT2D eigenvalue weighted by Crippen LogP contribution is 2.35. The first kappa shape index (κ1) is 12.1. The zero-order chi connectivity index (χ0) is 13.5. The van der Waals surface area contributed by atoms with E-state index in [1.165, 1.54) is 26.8 Å². The number of nitrogens with one attached hydrogen (secondary N) is 1. The van der Waals surface area contributed by atoms with Gasteiger partial charge in [0.1, 0.15) is 0 Å². The first-order valence-electron chi connectivity index (χ1n) is 7.12. The van der Waals surface area contributed by atoms with Gasteiger partial charge in [0.25, 0.3) is 0 Å². The Kier molecular flexibility index (Phi) is 2.86. The molecule has 0 amide bonds. The summed E-state index contributed by atoms with van der Waals surface area (Å²) in [5.74, 6) is 0.467. The molecule has 2 aromatic carbocycles. The van der Waals surface area contributed by atoms with E-state index in [9.17, 15) is 0 Å². The molecule has 1 N–H and O–H groups in total. The van der Waals surface area contributed by atoms with Crippen LogP contribution in [-0.2, 0) is 0 Å². The van der Waals surface area contributed by atoms with Crippen LogP contribution in [0, 0.1) is 0 Å². The van der Waals surface area contributed by atoms with E-state index < -0.39 is 0 Å². The number of hydrogen-bond acceptors (Lipinski definition) is 2. The highest BCUT2D eigenvalue weighted by Gasteiger charge is 2.25. The Labute approximate surface area is 123 Å². The molecule has 3 aromatic rings. The van der Waals surface area contributed by atoms with Gasteiger partial charge in [-0.2, -0.15) is 0 Å². The van der Waals surface area contributed by atoms with Crippen LogP contribution in [0.4, 0.5) is 0 Å². The molecular weight excluding hydrogens is 262 g/mol. The van der Waals surface area contributed by atoms with Gasteiger partial charge < -0.3 is 5.32 Å². The number of thiophene rings is 1. The van der Waals surface area contributed by atoms with Crippen molar-refractivity contribution in [1.82, 2.24) is 5.32 Å². The average molecular weight is 279 g/mol. The summed E-state index contributed by atoms with van der Waals surface area (Å²) in [7, 11) is 0. The molecule has 0 fully saturated rings. The quantitative estimate of drug-likeness (QED) is 0.681. The molecule has 1 aliphatic heterocycles. The Morgan fingerprint density at radius 3 is 2.80 bits per heavy atom. The second kappa shape index (κ2) is 4.72. The molecule has 0 aliphatic carbocycles. The minimum atomic E-state index is 0.452. The summed E-state index contributed by atoms with van der Waals surface area (Å²) in [5.41, 5.74) is 4.34. The van der Waals surface area contributed by atoms with E-state index >= 15 is 0 Å². The molecule has 1 aromatic heterocycles. The van der Waals surface area contributed by atoms with E-state index in [2.05, 4.69) is 66.2 Å². The Morgan fingerprint density at radius 2 is 1.90 bits per heavy atom. The second-order valence-corrected chi connectivity index (χ2v) is 6.48. The SMILES string of the molecule is C[C@@H]1NC[C@H](c2ccc3ccsc3c2)c2ccccc21. The first-order chi connectivity index (χ1) is 9.83. The number of hydrogen-bond donors (Lipinski definition) is 1. The predicted molar refractivity (Wildman–Crippen MR) is 86.5 cm³/mol. The minimum Gasteiger partial charge on any atom is -0.309 e. The molecule has 2 heterocycles. The van der Waals surface area contributed by atoms with Gasteiger partial charge in [0.05, 0.1) is 0 Å². The van der Waals surface area contributed by atoms with Crippen molar-refractivity contribution in [2.45, 2.75) is 18.9 Å². The van der Waals surface area contributed by atoms with Gasteiger partial charge in [-0.3, -0.25) is 0 Å². The minimum absolute atomic E-state index is 0.452. The Hall–Kier alpha value is -1.64. The fourth-order valence-corrected chi connectivity index (χ4v) is 4.06. The standard InChI is InChI=1S/C18H17NS/c1-12-15-4-2-3-5-16(15)17(11-19-12)14-7-6-13-8-9-20-18(13)10-14/h2-10,12,17,19H,11H2,1H3/t12-,17+/m0/s1. The van der Waals surface area contributed by atoms with Crippen LogP contribution in [0.5, 0.6) is 0 Å². The van der Waals surface area contributed by atoms with E-state index in [-0.39, 0.29) is 0 Å². The topological polar surface area (TPSA) is 12.0 Å². The molecule has 0 saturated heterocycles. The van der Waals surface area contributed by atoms with E-state index in [1.54, 1.807) is 0 Å². The van der Waals surface area contributed by atoms with Gasteiger partial charge in [-0.15, -0.1) is 11.3 Å². The maximum absolute atomic E-state index is 3.63. The molecular formula is C18H17NS. The van der Waals surface area contributed by atoms with Crippen LogP contribution >= 0.6 is 11.3 Å². The molecule has 0 bridgehead atoms. The van der Waals surface area contributed by atoms with Gasteiger partial charge in [-0.1, -0.05) is 36.4 Å². The highest BCUT2D eigenvalue weighted by molar-refractivity contribution is 7.17. The van der Waals surface area contributed by atoms with Crippen molar-refractivity contribution in [2.24, 2.45) is 0 Å². The van der Waals surface area contributed by atoms with Crippen LogP contribution < -0.4 is 5.32 Å². The average Bonchev–Trinajstić information content (AvgIpc) is 2.95. The lowest BCUT2D eigenvalue weighted by Crippen LogP contribution is -2.31. The monoisotopic (exact) mass is 279 g/mol. The highest BCUT2D eigenvalue weighted by atomic mass is 32.1. The molecule has 0 unspecified atom stereocenters. The van der Waals surface area contributed by atoms with Crippen molar-refractivity contribution in [3.63, 3.8) is 0 Å². The molecule has 20 heavy (non-hydrogen) atoms. The van der Waals surface area contributed by atoms with Gasteiger partial charge in [-0.05, 0) is 46.5 Å². The van der Waals surface area contributed by atoms with Crippen molar-refractivity contribution in [2.75, 3.05) is 6.54 Å². The molecule has 0 saturated carbocycles. The largest absolute Gasteiger partial charge is 0.309 e. The third-order valence-electron chi connectivity index (χ3n) is 4.35. The first-order valence-corrected chi connectivity index (χ1v) is 8.00.